The van der Waals surface area contributed by atoms with Crippen molar-refractivity contribution in [3.8, 4) is 55.9 Å². The van der Waals surface area contributed by atoms with Crippen molar-refractivity contribution in [3.05, 3.63) is 291 Å². The SMILES string of the molecule is c1ccc(-n2c3ccccc3c3ccc(N4c5ccc(cc5)-c5ccccc5-c5ccc(cc5)N(c5ccc6c7ccccc7n(-c7ccccc7)c6c5)c5ccc(cc5)-c5ccccc5-c5ccc4cc5)cc32)cc1. The van der Waals surface area contributed by atoms with E-state index < -0.39 is 0 Å². The van der Waals surface area contributed by atoms with Gasteiger partial charge >= 0.3 is 0 Å². The second kappa shape index (κ2) is 17.8. The van der Waals surface area contributed by atoms with E-state index in [4.69, 9.17) is 0 Å². The number of rotatable bonds is 4. The van der Waals surface area contributed by atoms with Crippen LogP contribution in [0.2, 0.25) is 0 Å². The van der Waals surface area contributed by atoms with E-state index in [1.807, 2.05) is 0 Å². The Morgan fingerprint density at radius 1 is 0.171 bits per heavy atom. The Morgan fingerprint density at radius 2 is 0.434 bits per heavy atom. The van der Waals surface area contributed by atoms with Crippen LogP contribution in [-0.2, 0) is 0 Å². The van der Waals surface area contributed by atoms with Crippen molar-refractivity contribution in [2.75, 3.05) is 9.80 Å². The van der Waals surface area contributed by atoms with Gasteiger partial charge in [0.25, 0.3) is 0 Å². The first-order valence-corrected chi connectivity index (χ1v) is 26.1. The fourth-order valence-corrected chi connectivity index (χ4v) is 11.9. The molecule has 12 aromatic carbocycles. The summed E-state index contributed by atoms with van der Waals surface area (Å²) in [4.78, 5) is 4.79. The van der Waals surface area contributed by atoms with Gasteiger partial charge in [0.15, 0.2) is 0 Å². The third kappa shape index (κ3) is 7.14. The number of hydrogen-bond donors (Lipinski definition) is 0. The number of hydrogen-bond acceptors (Lipinski definition) is 2. The second-order valence-corrected chi connectivity index (χ2v) is 19.7. The quantitative estimate of drug-likeness (QED) is 0.175. The molecular formula is C72H48N4. The molecule has 0 saturated carbocycles. The zero-order chi connectivity index (χ0) is 50.1. The largest absolute Gasteiger partial charge is 0.310 e. The molecule has 0 spiro atoms. The van der Waals surface area contributed by atoms with Crippen molar-refractivity contribution < 1.29 is 0 Å². The predicted molar refractivity (Wildman–Crippen MR) is 320 cm³/mol. The number of fused-ring (bicyclic) bond motifs is 6. The summed E-state index contributed by atoms with van der Waals surface area (Å²) in [5.41, 5.74) is 22.8. The molecule has 0 N–H and O–H groups in total. The minimum absolute atomic E-state index is 1.07. The van der Waals surface area contributed by atoms with Crippen molar-refractivity contribution in [2.45, 2.75) is 0 Å². The molecule has 4 nitrogen and oxygen atoms in total. The number of nitrogens with zero attached hydrogens (tertiary/aromatic N) is 4. The van der Waals surface area contributed by atoms with Crippen LogP contribution in [0.1, 0.15) is 0 Å². The number of aromatic nitrogens is 2. The zero-order valence-electron chi connectivity index (χ0n) is 41.5. The Balaban J connectivity index is 0.905. The van der Waals surface area contributed by atoms with Crippen LogP contribution in [-0.4, -0.2) is 9.13 Å². The van der Waals surface area contributed by atoms with Crippen LogP contribution < -0.4 is 9.80 Å². The van der Waals surface area contributed by atoms with E-state index in [-0.39, 0.29) is 0 Å². The molecule has 0 amide bonds. The molecule has 0 radical (unpaired) electrons. The summed E-state index contributed by atoms with van der Waals surface area (Å²) in [5, 5.41) is 4.92. The Bertz CT molecular complexity index is 4050. The lowest BCUT2D eigenvalue weighted by Gasteiger charge is -2.27. The maximum atomic E-state index is 2.40. The minimum Gasteiger partial charge on any atom is -0.310 e. The molecule has 14 aromatic rings. The van der Waals surface area contributed by atoms with Gasteiger partial charge in [-0.3, -0.25) is 0 Å². The van der Waals surface area contributed by atoms with Gasteiger partial charge in [-0.25, -0.2) is 0 Å². The van der Waals surface area contributed by atoms with Gasteiger partial charge in [0.1, 0.15) is 0 Å². The van der Waals surface area contributed by atoms with Gasteiger partial charge < -0.3 is 18.9 Å². The maximum Gasteiger partial charge on any atom is 0.0561 e. The highest BCUT2D eigenvalue weighted by atomic mass is 15.2. The number of para-hydroxylation sites is 4. The van der Waals surface area contributed by atoms with Crippen molar-refractivity contribution >= 4 is 77.7 Å². The first-order chi connectivity index (χ1) is 37.7. The van der Waals surface area contributed by atoms with Crippen molar-refractivity contribution in [1.82, 2.24) is 9.13 Å². The van der Waals surface area contributed by atoms with Gasteiger partial charge in [0.2, 0.25) is 0 Å². The van der Waals surface area contributed by atoms with E-state index in [9.17, 15) is 0 Å². The third-order valence-electron chi connectivity index (χ3n) is 15.5. The lowest BCUT2D eigenvalue weighted by Crippen LogP contribution is -2.10. The van der Waals surface area contributed by atoms with Gasteiger partial charge in [-0.05, 0) is 154 Å². The van der Waals surface area contributed by atoms with Crippen LogP contribution in [0.3, 0.4) is 0 Å². The molecule has 0 fully saturated rings. The lowest BCUT2D eigenvalue weighted by molar-refractivity contribution is 1.18. The molecule has 21 rings (SSSR count). The maximum absolute atomic E-state index is 2.40. The summed E-state index contributed by atoms with van der Waals surface area (Å²) in [6.07, 6.45) is 0. The zero-order valence-corrected chi connectivity index (χ0v) is 41.5. The van der Waals surface area contributed by atoms with Gasteiger partial charge in [-0.1, -0.05) is 182 Å². The first kappa shape index (κ1) is 43.4. The van der Waals surface area contributed by atoms with Gasteiger partial charge in [-0.2, -0.15) is 0 Å². The first-order valence-electron chi connectivity index (χ1n) is 26.1. The van der Waals surface area contributed by atoms with E-state index in [0.29, 0.717) is 0 Å². The van der Waals surface area contributed by atoms with Crippen molar-refractivity contribution in [3.63, 3.8) is 0 Å². The molecule has 7 aliphatic heterocycles. The Labute approximate surface area is 441 Å². The summed E-state index contributed by atoms with van der Waals surface area (Å²) in [7, 11) is 0. The molecule has 4 heteroatoms. The summed E-state index contributed by atoms with van der Waals surface area (Å²) < 4.78 is 4.79. The minimum atomic E-state index is 1.07. The predicted octanol–water partition coefficient (Wildman–Crippen LogP) is 19.8. The third-order valence-corrected chi connectivity index (χ3v) is 15.5. The Morgan fingerprint density at radius 3 is 0.763 bits per heavy atom. The molecule has 0 unspecified atom stereocenters. The summed E-state index contributed by atoms with van der Waals surface area (Å²) in [6.45, 7) is 0. The number of benzene rings is 12. The molecule has 7 aliphatic rings. The Kier molecular flexibility index (Phi) is 10.2. The van der Waals surface area contributed by atoms with E-state index in [2.05, 4.69) is 310 Å². The molecular weight excluding hydrogens is 921 g/mol. The van der Waals surface area contributed by atoms with E-state index in [1.54, 1.807) is 0 Å². The highest BCUT2D eigenvalue weighted by Gasteiger charge is 2.22. The average molecular weight is 969 g/mol. The molecule has 9 heterocycles. The Hall–Kier alpha value is -10.2. The highest BCUT2D eigenvalue weighted by molar-refractivity contribution is 6.12. The van der Waals surface area contributed by atoms with Crippen molar-refractivity contribution in [1.29, 1.82) is 0 Å². The molecule has 356 valence electrons. The standard InChI is InChI=1S/C72H48N4/c1-3-15-53(16-4-1)75-69-25-13-11-23-65(69)67-45-43-59(47-71(67)75)73-55-35-27-49(28-36-55)61-19-7-9-21-63(61)51-31-39-57(40-32-51)74(58-41-33-52(34-42-58)64-22-10-8-20-62(64)50-29-37-56(73)38-30-50)60-44-46-68-66-24-12-14-26-70(66)76(72(68)48-60)54-17-5-2-6-18-54/h1-48H. The summed E-state index contributed by atoms with van der Waals surface area (Å²) in [5.74, 6) is 0. The number of anilines is 6. The highest BCUT2D eigenvalue weighted by Crippen LogP contribution is 2.45. The summed E-state index contributed by atoms with van der Waals surface area (Å²) >= 11 is 0. The monoisotopic (exact) mass is 968 g/mol. The second-order valence-electron chi connectivity index (χ2n) is 19.7. The van der Waals surface area contributed by atoms with Gasteiger partial charge in [0.05, 0.1) is 22.1 Å². The van der Waals surface area contributed by atoms with Crippen LogP contribution in [0.25, 0.3) is 99.5 Å². The fraction of sp³-hybridized carbons (Fsp3) is 0. The fourth-order valence-electron chi connectivity index (χ4n) is 11.9. The van der Waals surface area contributed by atoms with E-state index in [1.165, 1.54) is 54.8 Å². The van der Waals surface area contributed by atoms with Crippen LogP contribution in [0, 0.1) is 0 Å². The summed E-state index contributed by atoms with van der Waals surface area (Å²) in [6, 6.07) is 107. The molecule has 76 heavy (non-hydrogen) atoms. The van der Waals surface area contributed by atoms with Gasteiger partial charge in [0, 0.05) is 67.0 Å². The molecule has 2 aromatic heterocycles. The molecule has 0 atom stereocenters. The lowest BCUT2D eigenvalue weighted by atomic mass is 9.93. The van der Waals surface area contributed by atoms with Crippen LogP contribution in [0.5, 0.6) is 0 Å². The topological polar surface area (TPSA) is 16.3 Å². The van der Waals surface area contributed by atoms with Crippen LogP contribution in [0.15, 0.2) is 291 Å². The van der Waals surface area contributed by atoms with Crippen LogP contribution >= 0.6 is 0 Å². The molecule has 8 bridgehead atoms. The van der Waals surface area contributed by atoms with Gasteiger partial charge in [-0.15, -0.1) is 0 Å². The van der Waals surface area contributed by atoms with Crippen molar-refractivity contribution in [2.24, 2.45) is 0 Å². The normalized spacial score (nSPS) is 12.2. The molecule has 0 aliphatic carbocycles. The average Bonchev–Trinajstić information content (AvgIpc) is 4.03. The van der Waals surface area contributed by atoms with E-state index in [0.717, 1.165) is 78.8 Å². The van der Waals surface area contributed by atoms with E-state index >= 15 is 0 Å². The molecule has 0 saturated heterocycles. The van der Waals surface area contributed by atoms with Crippen LogP contribution in [0.4, 0.5) is 34.1 Å². The smallest absolute Gasteiger partial charge is 0.0561 e.